The molecule has 21 heavy (non-hydrogen) atoms. The van der Waals surface area contributed by atoms with Crippen LogP contribution in [0.5, 0.6) is 11.5 Å². The second-order valence-electron chi connectivity index (χ2n) is 5.52. The molecular weight excluding hydrogens is 292 g/mol. The number of rotatable bonds is 4. The van der Waals surface area contributed by atoms with Crippen molar-refractivity contribution in [1.29, 1.82) is 0 Å². The third-order valence-electron chi connectivity index (χ3n) is 4.13. The summed E-state index contributed by atoms with van der Waals surface area (Å²) < 4.78 is 22.8. The van der Waals surface area contributed by atoms with Crippen molar-refractivity contribution in [1.82, 2.24) is 0 Å². The van der Waals surface area contributed by atoms with E-state index in [0.717, 1.165) is 24.8 Å². The summed E-state index contributed by atoms with van der Waals surface area (Å²) in [5, 5.41) is 0.592. The number of hydrogen-bond acceptors (Lipinski definition) is 4. The van der Waals surface area contributed by atoms with Gasteiger partial charge in [0, 0.05) is 17.5 Å². The molecule has 0 radical (unpaired) electrons. The predicted octanol–water partition coefficient (Wildman–Crippen LogP) is 4.31. The molecule has 1 fully saturated rings. The van der Waals surface area contributed by atoms with E-state index < -0.39 is 6.29 Å². The molecule has 0 N–H and O–H groups in total. The van der Waals surface area contributed by atoms with Gasteiger partial charge < -0.3 is 18.9 Å². The number of halogens is 1. The smallest absolute Gasteiger partial charge is 0.231 e. The molecule has 2 heterocycles. The van der Waals surface area contributed by atoms with E-state index in [-0.39, 0.29) is 12.9 Å². The van der Waals surface area contributed by atoms with Gasteiger partial charge in [0.05, 0.1) is 17.7 Å². The van der Waals surface area contributed by atoms with Crippen LogP contribution in [-0.2, 0) is 9.47 Å². The Kier molecular flexibility index (Phi) is 4.57. The normalized spacial score (nSPS) is 27.9. The Labute approximate surface area is 130 Å². The molecular formula is C16H21ClO4. The molecule has 0 amide bonds. The molecule has 3 rings (SSSR count). The maximum Gasteiger partial charge on any atom is 0.231 e. The van der Waals surface area contributed by atoms with Crippen molar-refractivity contribution in [2.24, 2.45) is 5.92 Å². The fourth-order valence-electron chi connectivity index (χ4n) is 2.87. The molecule has 1 aromatic rings. The van der Waals surface area contributed by atoms with Crippen LogP contribution in [-0.4, -0.2) is 19.5 Å². The van der Waals surface area contributed by atoms with Gasteiger partial charge in [-0.05, 0) is 18.9 Å². The van der Waals surface area contributed by atoms with Crippen LogP contribution in [0.3, 0.4) is 0 Å². The summed E-state index contributed by atoms with van der Waals surface area (Å²) in [4.78, 5) is 0. The molecule has 1 saturated heterocycles. The van der Waals surface area contributed by atoms with Crippen LogP contribution in [0.4, 0.5) is 0 Å². The van der Waals surface area contributed by atoms with E-state index in [9.17, 15) is 0 Å². The van der Waals surface area contributed by atoms with Crippen LogP contribution < -0.4 is 9.47 Å². The summed E-state index contributed by atoms with van der Waals surface area (Å²) in [5.74, 6) is 1.83. The molecule has 0 spiro atoms. The minimum Gasteiger partial charge on any atom is -0.454 e. The van der Waals surface area contributed by atoms with E-state index in [1.54, 1.807) is 6.07 Å². The van der Waals surface area contributed by atoms with Gasteiger partial charge in [0.2, 0.25) is 6.79 Å². The lowest BCUT2D eigenvalue weighted by molar-refractivity contribution is -0.243. The van der Waals surface area contributed by atoms with Gasteiger partial charge in [-0.3, -0.25) is 0 Å². The van der Waals surface area contributed by atoms with E-state index in [1.807, 2.05) is 6.07 Å². The Balaban J connectivity index is 1.81. The van der Waals surface area contributed by atoms with Crippen molar-refractivity contribution in [2.45, 2.75) is 45.5 Å². The highest BCUT2D eigenvalue weighted by Crippen LogP contribution is 2.42. The number of ether oxygens (including phenoxy) is 4. The molecule has 0 aliphatic carbocycles. The van der Waals surface area contributed by atoms with Crippen LogP contribution in [0.25, 0.3) is 0 Å². The van der Waals surface area contributed by atoms with Gasteiger partial charge in [0.1, 0.15) is 0 Å². The maximum atomic E-state index is 6.34. The van der Waals surface area contributed by atoms with E-state index in [0.29, 0.717) is 29.0 Å². The van der Waals surface area contributed by atoms with Crippen LogP contribution in [0.1, 0.15) is 45.0 Å². The lowest BCUT2D eigenvalue weighted by atomic mass is 9.95. The first-order chi connectivity index (χ1) is 10.2. The SMILES string of the molecule is CCC[C@@H]1O[C@@H](c2cc3c(cc2Cl)OCO3)OC[C@H]1CC. The molecule has 2 aliphatic heterocycles. The molecule has 116 valence electrons. The van der Waals surface area contributed by atoms with Crippen molar-refractivity contribution in [3.63, 3.8) is 0 Å². The first-order valence-electron chi connectivity index (χ1n) is 7.59. The maximum absolute atomic E-state index is 6.34. The largest absolute Gasteiger partial charge is 0.454 e. The zero-order valence-electron chi connectivity index (χ0n) is 12.4. The van der Waals surface area contributed by atoms with Crippen LogP contribution >= 0.6 is 11.6 Å². The van der Waals surface area contributed by atoms with Crippen molar-refractivity contribution in [3.8, 4) is 11.5 Å². The van der Waals surface area contributed by atoms with Gasteiger partial charge in [0.25, 0.3) is 0 Å². The first kappa shape index (κ1) is 14.9. The van der Waals surface area contributed by atoms with E-state index in [1.165, 1.54) is 0 Å². The molecule has 0 bridgehead atoms. The Morgan fingerprint density at radius 1 is 1.19 bits per heavy atom. The summed E-state index contributed by atoms with van der Waals surface area (Å²) in [7, 11) is 0. The lowest BCUT2D eigenvalue weighted by Gasteiger charge is -2.36. The molecule has 0 aromatic heterocycles. The highest BCUT2D eigenvalue weighted by Gasteiger charge is 2.33. The zero-order chi connectivity index (χ0) is 14.8. The quantitative estimate of drug-likeness (QED) is 0.830. The predicted molar refractivity (Wildman–Crippen MR) is 79.8 cm³/mol. The zero-order valence-corrected chi connectivity index (χ0v) is 13.2. The van der Waals surface area contributed by atoms with Gasteiger partial charge in [-0.15, -0.1) is 0 Å². The summed E-state index contributed by atoms with van der Waals surface area (Å²) >= 11 is 6.34. The van der Waals surface area contributed by atoms with Crippen LogP contribution in [0.15, 0.2) is 12.1 Å². The summed E-state index contributed by atoms with van der Waals surface area (Å²) in [6.45, 7) is 5.29. The van der Waals surface area contributed by atoms with Gasteiger partial charge in [-0.2, -0.15) is 0 Å². The molecule has 0 unspecified atom stereocenters. The first-order valence-corrected chi connectivity index (χ1v) is 7.96. The second kappa shape index (κ2) is 6.42. The monoisotopic (exact) mass is 312 g/mol. The Morgan fingerprint density at radius 2 is 1.95 bits per heavy atom. The van der Waals surface area contributed by atoms with Crippen molar-refractivity contribution in [3.05, 3.63) is 22.7 Å². The Hall–Kier alpha value is -0.970. The highest BCUT2D eigenvalue weighted by molar-refractivity contribution is 6.31. The summed E-state index contributed by atoms with van der Waals surface area (Å²) in [5.41, 5.74) is 0.816. The van der Waals surface area contributed by atoms with Gasteiger partial charge >= 0.3 is 0 Å². The number of benzene rings is 1. The third-order valence-corrected chi connectivity index (χ3v) is 4.46. The van der Waals surface area contributed by atoms with Crippen LogP contribution in [0.2, 0.25) is 5.02 Å². The average Bonchev–Trinajstić information content (AvgIpc) is 2.94. The van der Waals surface area contributed by atoms with E-state index in [4.69, 9.17) is 30.5 Å². The minimum absolute atomic E-state index is 0.222. The molecule has 0 saturated carbocycles. The molecule has 1 aromatic carbocycles. The third kappa shape index (κ3) is 2.98. The fraction of sp³-hybridized carbons (Fsp3) is 0.625. The van der Waals surface area contributed by atoms with Crippen molar-refractivity contribution >= 4 is 11.6 Å². The average molecular weight is 313 g/mol. The summed E-state index contributed by atoms with van der Waals surface area (Å²) in [6.07, 6.45) is 3.00. The number of fused-ring (bicyclic) bond motifs is 1. The van der Waals surface area contributed by atoms with Crippen molar-refractivity contribution in [2.75, 3.05) is 13.4 Å². The molecule has 5 heteroatoms. The Bertz CT molecular complexity index is 505. The summed E-state index contributed by atoms with van der Waals surface area (Å²) in [6, 6.07) is 3.64. The van der Waals surface area contributed by atoms with Crippen LogP contribution in [0, 0.1) is 5.92 Å². The van der Waals surface area contributed by atoms with Crippen molar-refractivity contribution < 1.29 is 18.9 Å². The Morgan fingerprint density at radius 3 is 2.67 bits per heavy atom. The number of hydrogen-bond donors (Lipinski definition) is 0. The van der Waals surface area contributed by atoms with E-state index in [2.05, 4.69) is 13.8 Å². The fourth-order valence-corrected chi connectivity index (χ4v) is 3.12. The highest BCUT2D eigenvalue weighted by atomic mass is 35.5. The van der Waals surface area contributed by atoms with Gasteiger partial charge in [0.15, 0.2) is 17.8 Å². The molecule has 4 nitrogen and oxygen atoms in total. The molecule has 2 aliphatic rings. The minimum atomic E-state index is -0.425. The molecule has 3 atom stereocenters. The van der Waals surface area contributed by atoms with E-state index >= 15 is 0 Å². The standard InChI is InChI=1S/C16H21ClO4/c1-3-5-13-10(4-2)8-18-16(21-13)11-6-14-15(7-12(11)17)20-9-19-14/h6-7,10,13,16H,3-5,8-9H2,1-2H3/t10-,13+,16+/m1/s1. The van der Waals surface area contributed by atoms with Gasteiger partial charge in [-0.25, -0.2) is 0 Å². The topological polar surface area (TPSA) is 36.9 Å². The van der Waals surface area contributed by atoms with Gasteiger partial charge in [-0.1, -0.05) is 31.9 Å². The second-order valence-corrected chi connectivity index (χ2v) is 5.93. The lowest BCUT2D eigenvalue weighted by Crippen LogP contribution is -2.35.